The zero-order chi connectivity index (χ0) is 24.5. The number of hydrogen-bond donors (Lipinski definition) is 2. The van der Waals surface area contributed by atoms with E-state index in [0.717, 1.165) is 8.61 Å². The van der Waals surface area contributed by atoms with Gasteiger partial charge in [-0.1, -0.05) is 12.1 Å². The Morgan fingerprint density at radius 1 is 1.15 bits per heavy atom. The Morgan fingerprint density at radius 3 is 2.47 bits per heavy atom. The van der Waals surface area contributed by atoms with Gasteiger partial charge in [-0.15, -0.1) is 0 Å². The number of hydrogen-bond acceptors (Lipinski definition) is 6. The van der Waals surface area contributed by atoms with Gasteiger partial charge >= 0.3 is 10.2 Å². The lowest BCUT2D eigenvalue weighted by Crippen LogP contribution is -2.37. The topological polar surface area (TPSA) is 97.2 Å². The highest BCUT2D eigenvalue weighted by molar-refractivity contribution is 8.24. The molecule has 0 amide bonds. The fraction of sp³-hybridized carbons (Fsp3) is 0.476. The molecule has 5 rings (SSSR count). The Kier molecular flexibility index (Phi) is 5.56. The summed E-state index contributed by atoms with van der Waals surface area (Å²) in [5.74, 6) is -3.82. The molecule has 1 aromatic carbocycles. The molecule has 34 heavy (non-hydrogen) atoms. The van der Waals surface area contributed by atoms with E-state index in [0.29, 0.717) is 18.7 Å². The first-order valence-electron chi connectivity index (χ1n) is 10.8. The lowest BCUT2D eigenvalue weighted by atomic mass is 10.1. The molecule has 13 heteroatoms. The van der Waals surface area contributed by atoms with E-state index in [1.807, 2.05) is 4.90 Å². The second kappa shape index (κ2) is 7.98. The van der Waals surface area contributed by atoms with Gasteiger partial charge in [0.1, 0.15) is 5.82 Å². The lowest BCUT2D eigenvalue weighted by molar-refractivity contribution is 0.101. The van der Waals surface area contributed by atoms with Crippen molar-refractivity contribution in [1.82, 2.24) is 9.88 Å². The summed E-state index contributed by atoms with van der Waals surface area (Å²) in [4.78, 5) is 6.33. The predicted octanol–water partition coefficient (Wildman–Crippen LogP) is 3.61. The molecule has 1 atom stereocenters. The molecule has 8 nitrogen and oxygen atoms in total. The number of rotatable bonds is 5. The number of halogens is 3. The van der Waals surface area contributed by atoms with E-state index < -0.39 is 38.5 Å². The molecular formula is C21H25F3N4O4S2. The third kappa shape index (κ3) is 4.13. The average Bonchev–Trinajstić information content (AvgIpc) is 3.34. The first kappa shape index (κ1) is 23.7. The normalized spacial score (nSPS) is 25.8. The van der Waals surface area contributed by atoms with Gasteiger partial charge in [-0.2, -0.15) is 19.0 Å². The molecule has 0 radical (unpaired) electrons. The third-order valence-corrected chi connectivity index (χ3v) is 10.0. The smallest absolute Gasteiger partial charge is 0.299 e. The van der Waals surface area contributed by atoms with E-state index in [4.69, 9.17) is 0 Å². The van der Waals surface area contributed by atoms with Crippen molar-refractivity contribution in [2.45, 2.75) is 18.9 Å². The molecule has 2 aliphatic heterocycles. The summed E-state index contributed by atoms with van der Waals surface area (Å²) in [6.45, 7) is 0.846. The quantitative estimate of drug-likeness (QED) is 0.628. The summed E-state index contributed by atoms with van der Waals surface area (Å²) in [6.07, 6.45) is -0.350. The van der Waals surface area contributed by atoms with Gasteiger partial charge in [0.2, 0.25) is 0 Å². The number of aromatic nitrogens is 1. The van der Waals surface area contributed by atoms with Crippen LogP contribution in [0, 0.1) is 11.7 Å². The summed E-state index contributed by atoms with van der Waals surface area (Å²) < 4.78 is 89.3. The van der Waals surface area contributed by atoms with Crippen molar-refractivity contribution in [3.05, 3.63) is 41.7 Å². The van der Waals surface area contributed by atoms with Crippen LogP contribution in [0.25, 0.3) is 11.3 Å². The van der Waals surface area contributed by atoms with Gasteiger partial charge in [-0.25, -0.2) is 26.8 Å². The van der Waals surface area contributed by atoms with Crippen LogP contribution in [-0.4, -0.2) is 71.5 Å². The van der Waals surface area contributed by atoms with Gasteiger partial charge in [-0.3, -0.25) is 14.0 Å². The summed E-state index contributed by atoms with van der Waals surface area (Å²) in [7, 11) is -5.30. The van der Waals surface area contributed by atoms with Crippen LogP contribution in [0.4, 0.5) is 24.7 Å². The zero-order valence-electron chi connectivity index (χ0n) is 18.4. The minimum absolute atomic E-state index is 0.0625. The molecule has 1 saturated heterocycles. The fourth-order valence-electron chi connectivity index (χ4n) is 4.32. The highest BCUT2D eigenvalue weighted by atomic mass is 32.3. The van der Waals surface area contributed by atoms with E-state index in [-0.39, 0.29) is 53.8 Å². The molecule has 0 spiro atoms. The summed E-state index contributed by atoms with van der Waals surface area (Å²) in [6, 6.07) is 7.84. The van der Waals surface area contributed by atoms with Crippen molar-refractivity contribution in [3.63, 3.8) is 0 Å². The minimum Gasteiger partial charge on any atom is -0.299 e. The van der Waals surface area contributed by atoms with Crippen LogP contribution in [0.2, 0.25) is 0 Å². The lowest BCUT2D eigenvalue weighted by Gasteiger charge is -2.41. The third-order valence-electron chi connectivity index (χ3n) is 6.61. The zero-order valence-corrected chi connectivity index (χ0v) is 20.0. The van der Waals surface area contributed by atoms with E-state index in [2.05, 4.69) is 4.98 Å². The van der Waals surface area contributed by atoms with E-state index >= 15 is 4.39 Å². The Balaban J connectivity index is 1.42. The number of alkyl halides is 2. The molecule has 2 aromatic rings. The molecule has 1 unspecified atom stereocenters. The molecule has 0 bridgehead atoms. The molecule has 3 heterocycles. The second-order valence-corrected chi connectivity index (χ2v) is 13.3. The van der Waals surface area contributed by atoms with Crippen LogP contribution in [0.5, 0.6) is 0 Å². The van der Waals surface area contributed by atoms with E-state index in [1.165, 1.54) is 19.2 Å². The molecule has 2 N–H and O–H groups in total. The maximum absolute atomic E-state index is 15.4. The van der Waals surface area contributed by atoms with Crippen molar-refractivity contribution >= 4 is 32.3 Å². The summed E-state index contributed by atoms with van der Waals surface area (Å²) >= 11 is 0. The van der Waals surface area contributed by atoms with E-state index in [9.17, 15) is 26.3 Å². The van der Waals surface area contributed by atoms with Crippen LogP contribution in [0.1, 0.15) is 12.0 Å². The van der Waals surface area contributed by atoms with Crippen LogP contribution in [0.3, 0.4) is 0 Å². The predicted molar refractivity (Wildman–Crippen MR) is 125 cm³/mol. The van der Waals surface area contributed by atoms with Gasteiger partial charge < -0.3 is 0 Å². The first-order valence-corrected chi connectivity index (χ1v) is 14.1. The Bertz CT molecular complexity index is 1230. The molecule has 186 valence electrons. The number of benzene rings is 1. The second-order valence-electron chi connectivity index (χ2n) is 8.97. The van der Waals surface area contributed by atoms with Crippen molar-refractivity contribution in [2.75, 3.05) is 46.8 Å². The monoisotopic (exact) mass is 518 g/mol. The molecule has 2 fully saturated rings. The van der Waals surface area contributed by atoms with Crippen LogP contribution < -0.4 is 8.61 Å². The highest BCUT2D eigenvalue weighted by Gasteiger charge is 2.59. The SMILES string of the molecule is CN1c2nc(-c3cccc(CN4CCS(O)(O)CC4)c3F)ccc2N(CC2CC2(F)F)S1(=O)=O. The van der Waals surface area contributed by atoms with E-state index in [1.54, 1.807) is 18.2 Å². The molecular weight excluding hydrogens is 493 g/mol. The van der Waals surface area contributed by atoms with Crippen molar-refractivity contribution in [1.29, 1.82) is 0 Å². The summed E-state index contributed by atoms with van der Waals surface area (Å²) in [5.41, 5.74) is 1.03. The van der Waals surface area contributed by atoms with Crippen LogP contribution in [0.15, 0.2) is 30.3 Å². The largest absolute Gasteiger partial charge is 0.327 e. The Labute approximate surface area is 197 Å². The van der Waals surface area contributed by atoms with Crippen LogP contribution >= 0.6 is 10.6 Å². The van der Waals surface area contributed by atoms with Gasteiger partial charge in [-0.05, 0) is 18.2 Å². The molecule has 1 aromatic heterocycles. The number of nitrogens with zero attached hydrogens (tertiary/aromatic N) is 4. The minimum atomic E-state index is -4.04. The summed E-state index contributed by atoms with van der Waals surface area (Å²) in [5, 5.41) is 0. The standard InChI is InChI=1S/C21H25F3N4O4S2/c1-26-20-18(28(34(26,31)32)13-15-11-21(15,23)24)6-5-17(25-20)16-4-2-3-14(19(16)22)12-27-7-9-33(29,30)10-8-27/h2-6,15,29-30H,7-13H2,1H3. The molecule has 3 aliphatic rings. The first-order chi connectivity index (χ1) is 15.9. The average molecular weight is 519 g/mol. The van der Waals surface area contributed by atoms with Gasteiger partial charge in [0, 0.05) is 56.7 Å². The Hall–Kier alpha value is -2.06. The fourth-order valence-corrected chi connectivity index (χ4v) is 7.04. The van der Waals surface area contributed by atoms with Crippen LogP contribution in [-0.2, 0) is 16.8 Å². The number of anilines is 2. The van der Waals surface area contributed by atoms with Crippen molar-refractivity contribution in [3.8, 4) is 11.3 Å². The molecule has 1 saturated carbocycles. The van der Waals surface area contributed by atoms with Crippen molar-refractivity contribution in [2.24, 2.45) is 5.92 Å². The van der Waals surface area contributed by atoms with Gasteiger partial charge in [0.05, 0.1) is 22.9 Å². The Morgan fingerprint density at radius 2 is 1.82 bits per heavy atom. The van der Waals surface area contributed by atoms with Crippen molar-refractivity contribution < 1.29 is 30.7 Å². The van der Waals surface area contributed by atoms with Gasteiger partial charge in [0.25, 0.3) is 5.92 Å². The maximum atomic E-state index is 15.4. The number of pyridine rings is 1. The maximum Gasteiger partial charge on any atom is 0.327 e. The van der Waals surface area contributed by atoms with Gasteiger partial charge in [0.15, 0.2) is 5.82 Å². The highest BCUT2D eigenvalue weighted by Crippen LogP contribution is 2.51. The molecule has 1 aliphatic carbocycles. The number of fused-ring (bicyclic) bond motifs is 1.